The summed E-state index contributed by atoms with van der Waals surface area (Å²) >= 11 is 0. The third-order valence-corrected chi connectivity index (χ3v) is 5.42. The molecule has 4 rings (SSSR count). The number of amides is 1. The van der Waals surface area contributed by atoms with E-state index in [1.54, 1.807) is 14.2 Å². The highest BCUT2D eigenvalue weighted by Gasteiger charge is 2.34. The molecule has 2 heterocycles. The van der Waals surface area contributed by atoms with Crippen LogP contribution in [0.3, 0.4) is 0 Å². The number of hydrogen-bond donors (Lipinski definition) is 0. The highest BCUT2D eigenvalue weighted by Crippen LogP contribution is 2.29. The molecule has 0 N–H and O–H groups in total. The molecule has 1 amide bonds. The molecule has 0 spiro atoms. The van der Waals surface area contributed by atoms with Gasteiger partial charge in [-0.05, 0) is 24.1 Å². The van der Waals surface area contributed by atoms with E-state index >= 15 is 0 Å². The summed E-state index contributed by atoms with van der Waals surface area (Å²) in [6, 6.07) is 15.6. The number of aryl methyl sites for hydroxylation is 2. The number of methoxy groups -OCH3 is 2. The smallest absolute Gasteiger partial charge is 0.226 e. The molecule has 1 aliphatic rings. The van der Waals surface area contributed by atoms with Gasteiger partial charge in [-0.3, -0.25) is 4.79 Å². The zero-order valence-electron chi connectivity index (χ0n) is 17.2. The monoisotopic (exact) mass is 407 g/mol. The first-order chi connectivity index (χ1) is 14.7. The Morgan fingerprint density at radius 3 is 2.40 bits per heavy atom. The number of carbonyl (C=O) groups excluding carboxylic acids is 1. The molecule has 2 aromatic carbocycles. The molecule has 1 saturated heterocycles. The fraction of sp³-hybridized carbons (Fsp3) is 0.348. The predicted octanol–water partition coefficient (Wildman–Crippen LogP) is 3.39. The number of rotatable bonds is 8. The lowest BCUT2D eigenvalue weighted by Gasteiger charge is -2.17. The topological polar surface area (TPSA) is 77.7 Å². The van der Waals surface area contributed by atoms with E-state index in [-0.39, 0.29) is 11.8 Å². The summed E-state index contributed by atoms with van der Waals surface area (Å²) in [7, 11) is 3.30. The minimum absolute atomic E-state index is 0.0593. The van der Waals surface area contributed by atoms with Crippen LogP contribution in [0.15, 0.2) is 53.1 Å². The maximum Gasteiger partial charge on any atom is 0.226 e. The van der Waals surface area contributed by atoms with Crippen molar-refractivity contribution in [2.24, 2.45) is 0 Å². The zero-order chi connectivity index (χ0) is 20.9. The minimum atomic E-state index is -0.0593. The molecule has 1 aliphatic heterocycles. The number of benzene rings is 2. The molecular weight excluding hydrogens is 382 g/mol. The highest BCUT2D eigenvalue weighted by molar-refractivity contribution is 5.79. The van der Waals surface area contributed by atoms with Gasteiger partial charge in [0.05, 0.1) is 14.2 Å². The molecule has 7 nitrogen and oxygen atoms in total. The second-order valence-corrected chi connectivity index (χ2v) is 7.35. The summed E-state index contributed by atoms with van der Waals surface area (Å²) in [6.07, 6.45) is 1.76. The summed E-state index contributed by atoms with van der Waals surface area (Å²) in [5, 5.41) is 4.14. The maximum absolute atomic E-state index is 12.5. The van der Waals surface area contributed by atoms with Crippen LogP contribution in [0, 0.1) is 0 Å². The molecule has 7 heteroatoms. The Morgan fingerprint density at radius 2 is 1.67 bits per heavy atom. The second kappa shape index (κ2) is 8.98. The molecule has 30 heavy (non-hydrogen) atoms. The number of aromatic nitrogens is 2. The van der Waals surface area contributed by atoms with Crippen molar-refractivity contribution < 1.29 is 18.8 Å². The van der Waals surface area contributed by atoms with Gasteiger partial charge in [-0.1, -0.05) is 41.6 Å². The Morgan fingerprint density at radius 1 is 1.00 bits per heavy atom. The van der Waals surface area contributed by atoms with Crippen LogP contribution in [-0.2, 0) is 24.2 Å². The molecule has 156 valence electrons. The third kappa shape index (κ3) is 4.30. The molecule has 0 saturated carbocycles. The van der Waals surface area contributed by atoms with Crippen molar-refractivity contribution in [3.63, 3.8) is 0 Å². The molecule has 0 bridgehead atoms. The third-order valence-electron chi connectivity index (χ3n) is 5.42. The van der Waals surface area contributed by atoms with Gasteiger partial charge in [-0.15, -0.1) is 0 Å². The number of para-hydroxylation sites is 2. The first kappa shape index (κ1) is 19.9. The Balaban J connectivity index is 1.38. The van der Waals surface area contributed by atoms with Gasteiger partial charge < -0.3 is 18.9 Å². The number of carbonyl (C=O) groups is 1. The summed E-state index contributed by atoms with van der Waals surface area (Å²) < 4.78 is 16.2. The first-order valence-corrected chi connectivity index (χ1v) is 10.0. The van der Waals surface area contributed by atoms with E-state index < -0.39 is 0 Å². The minimum Gasteiger partial charge on any atom is -0.496 e. The average Bonchev–Trinajstić information content (AvgIpc) is 3.39. The number of nitrogens with zero attached hydrogens (tertiary/aromatic N) is 3. The summed E-state index contributed by atoms with van der Waals surface area (Å²) in [6.45, 7) is 1.08. The number of likely N-dealkylation sites (tertiary alicyclic amines) is 1. The van der Waals surface area contributed by atoms with Crippen molar-refractivity contribution in [1.82, 2.24) is 15.0 Å². The van der Waals surface area contributed by atoms with E-state index in [4.69, 9.17) is 14.0 Å². The van der Waals surface area contributed by atoms with Crippen molar-refractivity contribution in [1.29, 1.82) is 0 Å². The van der Waals surface area contributed by atoms with E-state index in [2.05, 4.69) is 10.1 Å². The maximum atomic E-state index is 12.5. The molecule has 1 aromatic heterocycles. The van der Waals surface area contributed by atoms with Gasteiger partial charge >= 0.3 is 0 Å². The average molecular weight is 407 g/mol. The quantitative estimate of drug-likeness (QED) is 0.570. The summed E-state index contributed by atoms with van der Waals surface area (Å²) in [5.74, 6) is 2.84. The van der Waals surface area contributed by atoms with Crippen LogP contribution in [0.25, 0.3) is 0 Å². The number of hydrogen-bond acceptors (Lipinski definition) is 6. The lowest BCUT2D eigenvalue weighted by Crippen LogP contribution is -2.24. The van der Waals surface area contributed by atoms with Crippen LogP contribution in [0.2, 0.25) is 0 Å². The van der Waals surface area contributed by atoms with Gasteiger partial charge in [0.15, 0.2) is 5.82 Å². The van der Waals surface area contributed by atoms with Crippen LogP contribution in [-0.4, -0.2) is 41.7 Å². The normalized spacial score (nSPS) is 16.1. The van der Waals surface area contributed by atoms with Gasteiger partial charge in [0.25, 0.3) is 0 Å². The predicted molar refractivity (Wildman–Crippen MR) is 110 cm³/mol. The van der Waals surface area contributed by atoms with Crippen molar-refractivity contribution in [2.45, 2.75) is 31.7 Å². The van der Waals surface area contributed by atoms with E-state index in [1.807, 2.05) is 53.4 Å². The van der Waals surface area contributed by atoms with Crippen molar-refractivity contribution in [2.75, 3.05) is 20.8 Å². The molecular formula is C23H25N3O4. The lowest BCUT2D eigenvalue weighted by molar-refractivity contribution is -0.128. The zero-order valence-corrected chi connectivity index (χ0v) is 17.2. The van der Waals surface area contributed by atoms with Crippen molar-refractivity contribution >= 4 is 5.91 Å². The van der Waals surface area contributed by atoms with Crippen LogP contribution in [0.4, 0.5) is 0 Å². The first-order valence-electron chi connectivity index (χ1n) is 10.0. The highest BCUT2D eigenvalue weighted by atomic mass is 16.5. The molecule has 0 aliphatic carbocycles. The van der Waals surface area contributed by atoms with Crippen LogP contribution < -0.4 is 9.47 Å². The SMILES string of the molecule is COc1ccccc1CCc1nc(C2CC(=O)N(Cc3ccccc3OC)C2)no1. The lowest BCUT2D eigenvalue weighted by atomic mass is 10.1. The Bertz CT molecular complexity index is 1020. The fourth-order valence-electron chi connectivity index (χ4n) is 3.82. The van der Waals surface area contributed by atoms with Gasteiger partial charge in [0.1, 0.15) is 11.5 Å². The van der Waals surface area contributed by atoms with Crippen molar-refractivity contribution in [3.05, 3.63) is 71.4 Å². The van der Waals surface area contributed by atoms with Crippen LogP contribution in [0.5, 0.6) is 11.5 Å². The Labute approximate surface area is 175 Å². The number of ether oxygens (including phenoxy) is 2. The van der Waals surface area contributed by atoms with Crippen LogP contribution in [0.1, 0.15) is 35.2 Å². The summed E-state index contributed by atoms with van der Waals surface area (Å²) in [4.78, 5) is 18.9. The standard InChI is InChI=1S/C23H25N3O4/c1-28-19-9-5-3-7-16(19)11-12-21-24-23(25-30-21)18-13-22(27)26(15-18)14-17-8-4-6-10-20(17)29-2/h3-10,18H,11-15H2,1-2H3. The molecule has 1 fully saturated rings. The molecule has 1 atom stereocenters. The van der Waals surface area contributed by atoms with Gasteiger partial charge in [-0.2, -0.15) is 4.98 Å². The Hall–Kier alpha value is -3.35. The van der Waals surface area contributed by atoms with Crippen molar-refractivity contribution in [3.8, 4) is 11.5 Å². The van der Waals surface area contributed by atoms with Gasteiger partial charge in [-0.25, -0.2) is 0 Å². The van der Waals surface area contributed by atoms with E-state index in [9.17, 15) is 4.79 Å². The van der Waals surface area contributed by atoms with Gasteiger partial charge in [0.2, 0.25) is 11.8 Å². The fourth-order valence-corrected chi connectivity index (χ4v) is 3.82. The van der Waals surface area contributed by atoms with E-state index in [0.717, 1.165) is 29.0 Å². The summed E-state index contributed by atoms with van der Waals surface area (Å²) in [5.41, 5.74) is 2.08. The van der Waals surface area contributed by atoms with Gasteiger partial charge in [0, 0.05) is 37.4 Å². The molecule has 1 unspecified atom stereocenters. The van der Waals surface area contributed by atoms with Crippen LogP contribution >= 0.6 is 0 Å². The molecule has 0 radical (unpaired) electrons. The second-order valence-electron chi connectivity index (χ2n) is 7.35. The molecule has 3 aromatic rings. The largest absolute Gasteiger partial charge is 0.496 e. The van der Waals surface area contributed by atoms with E-state index in [0.29, 0.717) is 37.6 Å². The van der Waals surface area contributed by atoms with E-state index in [1.165, 1.54) is 0 Å². The Kier molecular flexibility index (Phi) is 5.97.